The molecule has 0 radical (unpaired) electrons. The van der Waals surface area contributed by atoms with E-state index < -0.39 is 0 Å². The van der Waals surface area contributed by atoms with E-state index in [0.29, 0.717) is 12.5 Å². The van der Waals surface area contributed by atoms with Crippen molar-refractivity contribution in [2.24, 2.45) is 0 Å². The molecule has 2 rings (SSSR count). The second-order valence-electron chi connectivity index (χ2n) is 4.07. The van der Waals surface area contributed by atoms with Gasteiger partial charge in [-0.1, -0.05) is 11.6 Å². The fourth-order valence-electron chi connectivity index (χ4n) is 1.87. The molecule has 0 aliphatic carbocycles. The van der Waals surface area contributed by atoms with E-state index in [1.165, 1.54) is 4.88 Å². The molecule has 1 saturated heterocycles. The van der Waals surface area contributed by atoms with E-state index in [9.17, 15) is 4.79 Å². The summed E-state index contributed by atoms with van der Waals surface area (Å²) in [7, 11) is 0. The van der Waals surface area contributed by atoms with Gasteiger partial charge >= 0.3 is 0 Å². The summed E-state index contributed by atoms with van der Waals surface area (Å²) in [4.78, 5) is 12.3. The summed E-state index contributed by atoms with van der Waals surface area (Å²) in [6, 6.07) is 4.63. The first-order valence-electron chi connectivity index (χ1n) is 5.43. The van der Waals surface area contributed by atoms with Crippen molar-refractivity contribution in [3.05, 3.63) is 21.3 Å². The van der Waals surface area contributed by atoms with E-state index in [2.05, 4.69) is 17.6 Å². The third-order valence-corrected chi connectivity index (χ3v) is 4.19. The van der Waals surface area contributed by atoms with Crippen LogP contribution in [0.5, 0.6) is 0 Å². The number of rotatable bonds is 3. The zero-order valence-corrected chi connectivity index (χ0v) is 10.7. The van der Waals surface area contributed by atoms with Gasteiger partial charge in [0, 0.05) is 29.9 Å². The van der Waals surface area contributed by atoms with Crippen LogP contribution < -0.4 is 10.6 Å². The van der Waals surface area contributed by atoms with Crippen LogP contribution in [0.4, 0.5) is 0 Å². The van der Waals surface area contributed by atoms with Gasteiger partial charge in [-0.15, -0.1) is 11.3 Å². The van der Waals surface area contributed by atoms with Crippen LogP contribution in [0.1, 0.15) is 30.7 Å². The zero-order chi connectivity index (χ0) is 11.5. The lowest BCUT2D eigenvalue weighted by atomic mass is 10.1. The first kappa shape index (κ1) is 11.9. The molecule has 1 amide bonds. The maximum absolute atomic E-state index is 11.0. The normalized spacial score (nSPS) is 22.9. The molecule has 1 aliphatic rings. The Morgan fingerprint density at radius 2 is 2.44 bits per heavy atom. The number of thiophene rings is 1. The quantitative estimate of drug-likeness (QED) is 0.874. The van der Waals surface area contributed by atoms with Crippen molar-refractivity contribution in [1.29, 1.82) is 0 Å². The number of hydrogen-bond donors (Lipinski definition) is 2. The summed E-state index contributed by atoms with van der Waals surface area (Å²) in [5, 5.41) is 6.38. The molecule has 2 atom stereocenters. The van der Waals surface area contributed by atoms with Gasteiger partial charge in [-0.3, -0.25) is 4.79 Å². The second kappa shape index (κ2) is 5.17. The zero-order valence-electron chi connectivity index (χ0n) is 9.13. The number of carbonyl (C=O) groups excluding carboxylic acids is 1. The lowest BCUT2D eigenvalue weighted by molar-refractivity contribution is -0.122. The number of carbonyl (C=O) groups is 1. The van der Waals surface area contributed by atoms with Crippen molar-refractivity contribution >= 4 is 28.8 Å². The first-order chi connectivity index (χ1) is 7.65. The SMILES string of the molecule is CC(NC1CCC(=O)NC1)c1ccc(Cl)s1. The smallest absolute Gasteiger partial charge is 0.220 e. The Morgan fingerprint density at radius 3 is 3.00 bits per heavy atom. The van der Waals surface area contributed by atoms with Gasteiger partial charge in [-0.2, -0.15) is 0 Å². The molecule has 88 valence electrons. The molecule has 2 heterocycles. The highest BCUT2D eigenvalue weighted by atomic mass is 35.5. The van der Waals surface area contributed by atoms with E-state index >= 15 is 0 Å². The Balaban J connectivity index is 1.87. The maximum atomic E-state index is 11.0. The fraction of sp³-hybridized carbons (Fsp3) is 0.545. The molecule has 2 N–H and O–H groups in total. The summed E-state index contributed by atoms with van der Waals surface area (Å²) in [5.74, 6) is 0.157. The van der Waals surface area contributed by atoms with Gasteiger partial charge in [0.05, 0.1) is 4.34 Å². The van der Waals surface area contributed by atoms with Crippen LogP contribution in [-0.4, -0.2) is 18.5 Å². The average molecular weight is 259 g/mol. The summed E-state index contributed by atoms with van der Waals surface area (Å²) < 4.78 is 0.820. The predicted octanol–water partition coefficient (Wildman–Crippen LogP) is 2.33. The monoisotopic (exact) mass is 258 g/mol. The molecular formula is C11H15ClN2OS. The number of amides is 1. The highest BCUT2D eigenvalue weighted by Crippen LogP contribution is 2.27. The van der Waals surface area contributed by atoms with Gasteiger partial charge in [-0.25, -0.2) is 0 Å². The standard InChI is InChI=1S/C11H15ClN2OS/c1-7(9-3-4-10(12)16-9)14-8-2-5-11(15)13-6-8/h3-4,7-8,14H,2,5-6H2,1H3,(H,13,15). The summed E-state index contributed by atoms with van der Waals surface area (Å²) >= 11 is 7.50. The van der Waals surface area contributed by atoms with E-state index in [4.69, 9.17) is 11.6 Å². The van der Waals surface area contributed by atoms with Crippen molar-refractivity contribution in [3.8, 4) is 0 Å². The second-order valence-corrected chi connectivity index (χ2v) is 5.82. The minimum Gasteiger partial charge on any atom is -0.355 e. The number of hydrogen-bond acceptors (Lipinski definition) is 3. The van der Waals surface area contributed by atoms with Crippen molar-refractivity contribution in [2.75, 3.05) is 6.54 Å². The Hall–Kier alpha value is -0.580. The third-order valence-electron chi connectivity index (χ3n) is 2.77. The number of halogens is 1. The first-order valence-corrected chi connectivity index (χ1v) is 6.62. The van der Waals surface area contributed by atoms with Crippen molar-refractivity contribution < 1.29 is 4.79 Å². The third kappa shape index (κ3) is 2.97. The van der Waals surface area contributed by atoms with Gasteiger partial charge in [0.15, 0.2) is 0 Å². The number of piperidine rings is 1. The summed E-state index contributed by atoms with van der Waals surface area (Å²) in [5.41, 5.74) is 0. The molecule has 0 saturated carbocycles. The van der Waals surface area contributed by atoms with Gasteiger partial charge in [0.25, 0.3) is 0 Å². The van der Waals surface area contributed by atoms with Crippen molar-refractivity contribution in [1.82, 2.24) is 10.6 Å². The molecule has 1 aromatic rings. The summed E-state index contributed by atoms with van der Waals surface area (Å²) in [6.07, 6.45) is 1.53. The maximum Gasteiger partial charge on any atom is 0.220 e. The van der Waals surface area contributed by atoms with Crippen molar-refractivity contribution in [2.45, 2.75) is 31.8 Å². The largest absolute Gasteiger partial charge is 0.355 e. The van der Waals surface area contributed by atoms with E-state index in [1.807, 2.05) is 12.1 Å². The Labute approximate surface area is 104 Å². The highest BCUT2D eigenvalue weighted by Gasteiger charge is 2.20. The molecule has 0 aromatic carbocycles. The topological polar surface area (TPSA) is 41.1 Å². The van der Waals surface area contributed by atoms with Crippen LogP contribution in [0.2, 0.25) is 4.34 Å². The molecule has 1 aliphatic heterocycles. The summed E-state index contributed by atoms with van der Waals surface area (Å²) in [6.45, 7) is 2.85. The molecule has 16 heavy (non-hydrogen) atoms. The molecule has 1 aromatic heterocycles. The van der Waals surface area contributed by atoms with E-state index in [1.54, 1.807) is 11.3 Å². The van der Waals surface area contributed by atoms with Crippen LogP contribution in [0.3, 0.4) is 0 Å². The van der Waals surface area contributed by atoms with E-state index in [0.717, 1.165) is 17.3 Å². The Bertz CT molecular complexity index is 370. The van der Waals surface area contributed by atoms with E-state index in [-0.39, 0.29) is 11.9 Å². The molecule has 0 bridgehead atoms. The van der Waals surface area contributed by atoms with Crippen molar-refractivity contribution in [3.63, 3.8) is 0 Å². The van der Waals surface area contributed by atoms with Crippen LogP contribution >= 0.6 is 22.9 Å². The molecule has 2 unspecified atom stereocenters. The lowest BCUT2D eigenvalue weighted by Gasteiger charge is -2.26. The minimum absolute atomic E-state index is 0.157. The fourth-order valence-corrected chi connectivity index (χ4v) is 2.94. The molecule has 5 heteroatoms. The molecular weight excluding hydrogens is 244 g/mol. The lowest BCUT2D eigenvalue weighted by Crippen LogP contribution is -2.46. The van der Waals surface area contributed by atoms with Crippen LogP contribution in [0.15, 0.2) is 12.1 Å². The molecule has 0 spiro atoms. The Morgan fingerprint density at radius 1 is 1.62 bits per heavy atom. The van der Waals surface area contributed by atoms with Gasteiger partial charge in [0.2, 0.25) is 5.91 Å². The molecule has 1 fully saturated rings. The number of nitrogens with one attached hydrogen (secondary N) is 2. The van der Waals surface area contributed by atoms with Crippen LogP contribution in [0.25, 0.3) is 0 Å². The van der Waals surface area contributed by atoms with Gasteiger partial charge in [0.1, 0.15) is 0 Å². The highest BCUT2D eigenvalue weighted by molar-refractivity contribution is 7.16. The predicted molar refractivity (Wildman–Crippen MR) is 66.9 cm³/mol. The average Bonchev–Trinajstić information content (AvgIpc) is 2.68. The molecule has 3 nitrogen and oxygen atoms in total. The minimum atomic E-state index is 0.157. The van der Waals surface area contributed by atoms with Crippen LogP contribution in [0, 0.1) is 0 Å². The van der Waals surface area contributed by atoms with Crippen LogP contribution in [-0.2, 0) is 4.79 Å². The Kier molecular flexibility index (Phi) is 3.84. The van der Waals surface area contributed by atoms with Gasteiger partial charge < -0.3 is 10.6 Å². The van der Waals surface area contributed by atoms with Gasteiger partial charge in [-0.05, 0) is 25.5 Å².